The molecular formula is C19H21N5O. The minimum absolute atomic E-state index is 0.0205. The third-order valence-corrected chi connectivity index (χ3v) is 4.76. The molecule has 0 unspecified atom stereocenters. The number of imidazole rings is 1. The summed E-state index contributed by atoms with van der Waals surface area (Å²) in [6.45, 7) is 2.73. The van der Waals surface area contributed by atoms with Crippen molar-refractivity contribution in [1.82, 2.24) is 24.8 Å². The lowest BCUT2D eigenvalue weighted by atomic mass is 10.0. The molecule has 3 aromatic rings. The Morgan fingerprint density at radius 1 is 1.24 bits per heavy atom. The molecule has 6 nitrogen and oxygen atoms in total. The molecule has 1 aliphatic rings. The fourth-order valence-corrected chi connectivity index (χ4v) is 3.40. The summed E-state index contributed by atoms with van der Waals surface area (Å²) in [6.07, 6.45) is 7.06. The van der Waals surface area contributed by atoms with Crippen LogP contribution in [-0.2, 0) is 6.42 Å². The largest absolute Gasteiger partial charge is 0.340 e. The fraction of sp³-hybridized carbons (Fsp3) is 0.368. The van der Waals surface area contributed by atoms with Crippen LogP contribution in [0.5, 0.6) is 0 Å². The highest BCUT2D eigenvalue weighted by Crippen LogP contribution is 2.31. The number of hydrogen-bond acceptors (Lipinski definition) is 4. The van der Waals surface area contributed by atoms with E-state index in [1.54, 1.807) is 12.4 Å². The van der Waals surface area contributed by atoms with E-state index in [1.807, 2.05) is 36.1 Å². The van der Waals surface area contributed by atoms with Crippen molar-refractivity contribution in [3.05, 3.63) is 53.9 Å². The van der Waals surface area contributed by atoms with E-state index in [0.717, 1.165) is 54.9 Å². The zero-order chi connectivity index (χ0) is 17.2. The van der Waals surface area contributed by atoms with Gasteiger partial charge >= 0.3 is 0 Å². The van der Waals surface area contributed by atoms with Crippen LogP contribution >= 0.6 is 0 Å². The van der Waals surface area contributed by atoms with Crippen molar-refractivity contribution in [2.45, 2.75) is 38.6 Å². The molecule has 128 valence electrons. The number of amides is 1. The van der Waals surface area contributed by atoms with Crippen molar-refractivity contribution in [2.75, 3.05) is 6.54 Å². The Labute approximate surface area is 146 Å². The summed E-state index contributed by atoms with van der Waals surface area (Å²) in [5, 5.41) is 0. The first-order valence-corrected chi connectivity index (χ1v) is 8.83. The zero-order valence-electron chi connectivity index (χ0n) is 14.3. The molecule has 1 N–H and O–H groups in total. The number of aryl methyl sites for hydroxylation is 1. The van der Waals surface area contributed by atoms with Gasteiger partial charge in [-0.3, -0.25) is 4.79 Å². The number of hydrogen-bond donors (Lipinski definition) is 1. The van der Waals surface area contributed by atoms with Crippen LogP contribution in [0.15, 0.2) is 36.7 Å². The van der Waals surface area contributed by atoms with Gasteiger partial charge in [0.15, 0.2) is 0 Å². The molecule has 0 aliphatic carbocycles. The van der Waals surface area contributed by atoms with Crippen LogP contribution in [0.3, 0.4) is 0 Å². The maximum Gasteiger partial charge on any atom is 0.257 e. The van der Waals surface area contributed by atoms with Crippen LogP contribution < -0.4 is 0 Å². The van der Waals surface area contributed by atoms with E-state index in [9.17, 15) is 4.79 Å². The fourth-order valence-electron chi connectivity index (χ4n) is 3.40. The molecule has 1 fully saturated rings. The van der Waals surface area contributed by atoms with Crippen molar-refractivity contribution < 1.29 is 4.79 Å². The van der Waals surface area contributed by atoms with Gasteiger partial charge in [0.1, 0.15) is 11.6 Å². The SMILES string of the molecule is CCc1ncc(C(=O)N2CCCC[C@@H]2c2nc3ccccc3[nH]2)cn1. The predicted molar refractivity (Wildman–Crippen MR) is 95.1 cm³/mol. The second-order valence-corrected chi connectivity index (χ2v) is 6.39. The number of piperidine rings is 1. The third kappa shape index (κ3) is 2.99. The van der Waals surface area contributed by atoms with Gasteiger partial charge in [0.2, 0.25) is 0 Å². The van der Waals surface area contributed by atoms with Crippen molar-refractivity contribution in [1.29, 1.82) is 0 Å². The molecule has 0 spiro atoms. The summed E-state index contributed by atoms with van der Waals surface area (Å²) in [4.78, 5) is 31.5. The average molecular weight is 335 g/mol. The number of nitrogens with zero attached hydrogens (tertiary/aromatic N) is 4. The van der Waals surface area contributed by atoms with Gasteiger partial charge in [0.25, 0.3) is 5.91 Å². The van der Waals surface area contributed by atoms with Gasteiger partial charge in [-0.2, -0.15) is 0 Å². The first-order valence-electron chi connectivity index (χ1n) is 8.83. The molecule has 2 aromatic heterocycles. The number of nitrogens with one attached hydrogen (secondary N) is 1. The number of aromatic nitrogens is 4. The maximum absolute atomic E-state index is 13.0. The molecule has 1 saturated heterocycles. The molecule has 1 amide bonds. The number of H-pyrrole nitrogens is 1. The number of benzene rings is 1. The Kier molecular flexibility index (Phi) is 4.17. The van der Waals surface area contributed by atoms with Crippen LogP contribution in [0, 0.1) is 0 Å². The lowest BCUT2D eigenvalue weighted by Crippen LogP contribution is -2.39. The Morgan fingerprint density at radius 3 is 2.80 bits per heavy atom. The van der Waals surface area contributed by atoms with Crippen LogP contribution in [0.1, 0.15) is 54.2 Å². The molecule has 1 atom stereocenters. The van der Waals surface area contributed by atoms with Crippen molar-refractivity contribution in [2.24, 2.45) is 0 Å². The molecule has 0 radical (unpaired) electrons. The minimum atomic E-state index is -0.0282. The number of para-hydroxylation sites is 2. The number of carbonyl (C=O) groups excluding carboxylic acids is 1. The quantitative estimate of drug-likeness (QED) is 0.797. The number of likely N-dealkylation sites (tertiary alicyclic amines) is 1. The molecule has 0 saturated carbocycles. The topological polar surface area (TPSA) is 74.8 Å². The van der Waals surface area contributed by atoms with E-state index >= 15 is 0 Å². The maximum atomic E-state index is 13.0. The summed E-state index contributed by atoms with van der Waals surface area (Å²) >= 11 is 0. The smallest absolute Gasteiger partial charge is 0.257 e. The molecule has 0 bridgehead atoms. The molecule has 1 aliphatic heterocycles. The summed E-state index contributed by atoms with van der Waals surface area (Å²) in [7, 11) is 0. The van der Waals surface area contributed by atoms with Crippen molar-refractivity contribution in [3.8, 4) is 0 Å². The van der Waals surface area contributed by atoms with Gasteiger partial charge in [-0.1, -0.05) is 19.1 Å². The Hall–Kier alpha value is -2.76. The van der Waals surface area contributed by atoms with E-state index < -0.39 is 0 Å². The Bertz CT molecular complexity index is 853. The Morgan fingerprint density at radius 2 is 2.04 bits per heavy atom. The highest BCUT2D eigenvalue weighted by atomic mass is 16.2. The minimum Gasteiger partial charge on any atom is -0.340 e. The molecule has 4 rings (SSSR count). The number of fused-ring (bicyclic) bond motifs is 1. The monoisotopic (exact) mass is 335 g/mol. The molecule has 25 heavy (non-hydrogen) atoms. The van der Waals surface area contributed by atoms with E-state index in [4.69, 9.17) is 4.98 Å². The van der Waals surface area contributed by atoms with E-state index in [2.05, 4.69) is 15.0 Å². The molecule has 3 heterocycles. The summed E-state index contributed by atoms with van der Waals surface area (Å²) in [6, 6.07) is 7.93. The lowest BCUT2D eigenvalue weighted by molar-refractivity contribution is 0.0600. The van der Waals surface area contributed by atoms with E-state index in [-0.39, 0.29) is 11.9 Å². The van der Waals surface area contributed by atoms with Crippen LogP contribution in [0.25, 0.3) is 11.0 Å². The molecular weight excluding hydrogens is 314 g/mol. The zero-order valence-corrected chi connectivity index (χ0v) is 14.3. The van der Waals surface area contributed by atoms with E-state index in [0.29, 0.717) is 5.56 Å². The van der Waals surface area contributed by atoms with Crippen molar-refractivity contribution in [3.63, 3.8) is 0 Å². The first-order chi connectivity index (χ1) is 12.3. The second kappa shape index (κ2) is 6.63. The van der Waals surface area contributed by atoms with E-state index in [1.165, 1.54) is 0 Å². The second-order valence-electron chi connectivity index (χ2n) is 6.39. The van der Waals surface area contributed by atoms with Crippen molar-refractivity contribution >= 4 is 16.9 Å². The number of carbonyl (C=O) groups is 1. The number of aromatic amines is 1. The van der Waals surface area contributed by atoms with Gasteiger partial charge in [-0.05, 0) is 31.4 Å². The van der Waals surface area contributed by atoms with Crippen LogP contribution in [-0.4, -0.2) is 37.3 Å². The standard InChI is InChI=1S/C19H21N5O/c1-2-17-20-11-13(12-21-17)19(25)24-10-6-5-9-16(24)18-22-14-7-3-4-8-15(14)23-18/h3-4,7-8,11-12,16H,2,5-6,9-10H2,1H3,(H,22,23)/t16-/m1/s1. The highest BCUT2D eigenvalue weighted by Gasteiger charge is 2.31. The Balaban J connectivity index is 1.64. The van der Waals surface area contributed by atoms with Crippen LogP contribution in [0.4, 0.5) is 0 Å². The highest BCUT2D eigenvalue weighted by molar-refractivity contribution is 5.94. The molecule has 6 heteroatoms. The summed E-state index contributed by atoms with van der Waals surface area (Å²) in [5.74, 6) is 1.59. The normalized spacial score (nSPS) is 17.8. The third-order valence-electron chi connectivity index (χ3n) is 4.76. The first kappa shape index (κ1) is 15.7. The predicted octanol–water partition coefficient (Wildman–Crippen LogP) is 3.28. The van der Waals surface area contributed by atoms with Gasteiger partial charge in [0, 0.05) is 25.4 Å². The van der Waals surface area contributed by atoms with Gasteiger partial charge in [0.05, 0.1) is 22.6 Å². The lowest BCUT2D eigenvalue weighted by Gasteiger charge is -2.34. The van der Waals surface area contributed by atoms with Gasteiger partial charge in [-0.15, -0.1) is 0 Å². The van der Waals surface area contributed by atoms with Gasteiger partial charge in [-0.25, -0.2) is 15.0 Å². The summed E-state index contributed by atoms with van der Waals surface area (Å²) < 4.78 is 0. The average Bonchev–Trinajstić information content (AvgIpc) is 3.11. The molecule has 1 aromatic carbocycles. The van der Waals surface area contributed by atoms with Gasteiger partial charge < -0.3 is 9.88 Å². The summed E-state index contributed by atoms with van der Waals surface area (Å²) in [5.41, 5.74) is 2.48. The van der Waals surface area contributed by atoms with Crippen LogP contribution in [0.2, 0.25) is 0 Å². The number of rotatable bonds is 3.